The third kappa shape index (κ3) is 2.71. The number of benzene rings is 2. The predicted molar refractivity (Wildman–Crippen MR) is 97.5 cm³/mol. The molecule has 1 aromatic heterocycles. The Morgan fingerprint density at radius 2 is 1.82 bits per heavy atom. The molecule has 0 saturated heterocycles. The van der Waals surface area contributed by atoms with Crippen LogP contribution < -0.4 is 5.56 Å². The van der Waals surface area contributed by atoms with E-state index in [1.807, 2.05) is 6.07 Å². The summed E-state index contributed by atoms with van der Waals surface area (Å²) in [6, 6.07) is 8.66. The SMILES string of the molecule is Cc1nc2c(Br)cc(Br)cc2c(=O)n1-c1ccc(Cl)c(Cl)c1. The second-order valence-electron chi connectivity index (χ2n) is 4.68. The topological polar surface area (TPSA) is 34.9 Å². The lowest BCUT2D eigenvalue weighted by Gasteiger charge is -2.12. The van der Waals surface area contributed by atoms with Crippen molar-refractivity contribution in [3.05, 3.63) is 65.5 Å². The molecule has 1 heterocycles. The van der Waals surface area contributed by atoms with Crippen LogP contribution in [0.3, 0.4) is 0 Å². The van der Waals surface area contributed by atoms with Crippen molar-refractivity contribution in [3.8, 4) is 5.69 Å². The number of halogens is 4. The van der Waals surface area contributed by atoms with E-state index >= 15 is 0 Å². The van der Waals surface area contributed by atoms with Gasteiger partial charge in [-0.3, -0.25) is 9.36 Å². The van der Waals surface area contributed by atoms with E-state index in [1.165, 1.54) is 4.57 Å². The summed E-state index contributed by atoms with van der Waals surface area (Å²) in [6.45, 7) is 1.78. The third-order valence-electron chi connectivity index (χ3n) is 3.22. The largest absolute Gasteiger partial charge is 0.268 e. The Labute approximate surface area is 153 Å². The average molecular weight is 463 g/mol. The van der Waals surface area contributed by atoms with Crippen LogP contribution in [0.5, 0.6) is 0 Å². The molecule has 0 N–H and O–H groups in total. The molecule has 0 aliphatic rings. The van der Waals surface area contributed by atoms with Gasteiger partial charge in [0.15, 0.2) is 0 Å². The van der Waals surface area contributed by atoms with Crippen molar-refractivity contribution < 1.29 is 0 Å². The van der Waals surface area contributed by atoms with Crippen LogP contribution in [0.1, 0.15) is 5.82 Å². The van der Waals surface area contributed by atoms with Gasteiger partial charge in [0.25, 0.3) is 5.56 Å². The lowest BCUT2D eigenvalue weighted by atomic mass is 10.2. The highest BCUT2D eigenvalue weighted by Gasteiger charge is 2.13. The number of hydrogen-bond donors (Lipinski definition) is 0. The molecular weight excluding hydrogens is 455 g/mol. The van der Waals surface area contributed by atoms with Crippen LogP contribution in [-0.2, 0) is 0 Å². The maximum atomic E-state index is 12.9. The zero-order valence-electron chi connectivity index (χ0n) is 11.2. The quantitative estimate of drug-likeness (QED) is 0.477. The van der Waals surface area contributed by atoms with Gasteiger partial charge in [-0.05, 0) is 53.2 Å². The van der Waals surface area contributed by atoms with Crippen molar-refractivity contribution in [1.82, 2.24) is 9.55 Å². The Bertz CT molecular complexity index is 970. The van der Waals surface area contributed by atoms with Crippen LogP contribution in [0.15, 0.2) is 44.1 Å². The highest BCUT2D eigenvalue weighted by Crippen LogP contribution is 2.27. The van der Waals surface area contributed by atoms with Gasteiger partial charge in [0.1, 0.15) is 5.82 Å². The summed E-state index contributed by atoms with van der Waals surface area (Å²) in [6.07, 6.45) is 0. The van der Waals surface area contributed by atoms with Crippen LogP contribution in [0, 0.1) is 6.92 Å². The summed E-state index contributed by atoms with van der Waals surface area (Å²) in [7, 11) is 0. The highest BCUT2D eigenvalue weighted by atomic mass is 79.9. The summed E-state index contributed by atoms with van der Waals surface area (Å²) >= 11 is 18.8. The van der Waals surface area contributed by atoms with E-state index in [9.17, 15) is 4.79 Å². The first-order valence-corrected chi connectivity index (χ1v) is 8.56. The molecule has 3 rings (SSSR count). The molecule has 0 spiro atoms. The van der Waals surface area contributed by atoms with Crippen molar-refractivity contribution in [2.45, 2.75) is 6.92 Å². The smallest absolute Gasteiger partial charge is 0.266 e. The second kappa shape index (κ2) is 5.96. The lowest BCUT2D eigenvalue weighted by Crippen LogP contribution is -2.22. The van der Waals surface area contributed by atoms with Gasteiger partial charge >= 0.3 is 0 Å². The summed E-state index contributed by atoms with van der Waals surface area (Å²) in [5, 5.41) is 1.34. The monoisotopic (exact) mass is 460 g/mol. The van der Waals surface area contributed by atoms with Gasteiger partial charge in [-0.15, -0.1) is 0 Å². The van der Waals surface area contributed by atoms with E-state index in [0.29, 0.717) is 32.5 Å². The van der Waals surface area contributed by atoms with Crippen molar-refractivity contribution in [3.63, 3.8) is 0 Å². The maximum absolute atomic E-state index is 12.9. The number of rotatable bonds is 1. The molecule has 0 radical (unpaired) electrons. The van der Waals surface area contributed by atoms with Gasteiger partial charge in [-0.25, -0.2) is 4.98 Å². The number of hydrogen-bond acceptors (Lipinski definition) is 2. The molecule has 0 bridgehead atoms. The molecule has 3 aromatic rings. The average Bonchev–Trinajstić information content (AvgIpc) is 2.44. The zero-order chi connectivity index (χ0) is 16.0. The maximum Gasteiger partial charge on any atom is 0.266 e. The first kappa shape index (κ1) is 16.0. The molecule has 7 heteroatoms. The fraction of sp³-hybridized carbons (Fsp3) is 0.0667. The van der Waals surface area contributed by atoms with E-state index in [-0.39, 0.29) is 5.56 Å². The van der Waals surface area contributed by atoms with Crippen LogP contribution in [0.25, 0.3) is 16.6 Å². The van der Waals surface area contributed by atoms with Crippen molar-refractivity contribution in [1.29, 1.82) is 0 Å². The molecule has 3 nitrogen and oxygen atoms in total. The fourth-order valence-electron chi connectivity index (χ4n) is 2.25. The fourth-order valence-corrected chi connectivity index (χ4v) is 3.86. The summed E-state index contributed by atoms with van der Waals surface area (Å²) in [5.41, 5.74) is 1.09. The lowest BCUT2D eigenvalue weighted by molar-refractivity contribution is 0.894. The van der Waals surface area contributed by atoms with Crippen molar-refractivity contribution in [2.75, 3.05) is 0 Å². The molecule has 0 unspecified atom stereocenters. The van der Waals surface area contributed by atoms with Gasteiger partial charge in [-0.2, -0.15) is 0 Å². The molecule has 0 aliphatic heterocycles. The standard InChI is InChI=1S/C15H8Br2Cl2N2O/c1-7-20-14-10(4-8(16)5-11(14)17)15(22)21(7)9-2-3-12(18)13(19)6-9/h2-6H,1H3. The Hall–Kier alpha value is -0.880. The zero-order valence-corrected chi connectivity index (χ0v) is 15.9. The van der Waals surface area contributed by atoms with E-state index in [1.54, 1.807) is 31.2 Å². The van der Waals surface area contributed by atoms with Crippen LogP contribution in [0.2, 0.25) is 10.0 Å². The summed E-state index contributed by atoms with van der Waals surface area (Å²) < 4.78 is 3.08. The number of fused-ring (bicyclic) bond motifs is 1. The first-order valence-electron chi connectivity index (χ1n) is 6.22. The minimum absolute atomic E-state index is 0.164. The van der Waals surface area contributed by atoms with Crippen LogP contribution >= 0.6 is 55.1 Å². The molecule has 0 saturated carbocycles. The number of aromatic nitrogens is 2. The normalized spacial score (nSPS) is 11.1. The van der Waals surface area contributed by atoms with Crippen molar-refractivity contribution >= 4 is 66.0 Å². The molecule has 0 aliphatic carbocycles. The van der Waals surface area contributed by atoms with Crippen LogP contribution in [-0.4, -0.2) is 9.55 Å². The van der Waals surface area contributed by atoms with Gasteiger partial charge in [0.2, 0.25) is 0 Å². The van der Waals surface area contributed by atoms with E-state index in [0.717, 1.165) is 8.95 Å². The Balaban J connectivity index is 2.40. The highest BCUT2D eigenvalue weighted by molar-refractivity contribution is 9.11. The molecule has 2 aromatic carbocycles. The van der Waals surface area contributed by atoms with E-state index in [4.69, 9.17) is 23.2 Å². The summed E-state index contributed by atoms with van der Waals surface area (Å²) in [5.74, 6) is 0.568. The predicted octanol–water partition coefficient (Wildman–Crippen LogP) is 5.53. The Kier molecular flexibility index (Phi) is 4.34. The number of aryl methyl sites for hydroxylation is 1. The molecule has 0 fully saturated rings. The van der Waals surface area contributed by atoms with E-state index in [2.05, 4.69) is 36.8 Å². The second-order valence-corrected chi connectivity index (χ2v) is 7.27. The third-order valence-corrected chi connectivity index (χ3v) is 5.02. The summed E-state index contributed by atoms with van der Waals surface area (Å²) in [4.78, 5) is 17.4. The number of nitrogens with zero attached hydrogens (tertiary/aromatic N) is 2. The van der Waals surface area contributed by atoms with Gasteiger partial charge in [-0.1, -0.05) is 39.1 Å². The Morgan fingerprint density at radius 1 is 1.09 bits per heavy atom. The minimum Gasteiger partial charge on any atom is -0.268 e. The minimum atomic E-state index is -0.164. The molecule has 0 atom stereocenters. The van der Waals surface area contributed by atoms with Gasteiger partial charge < -0.3 is 0 Å². The molecule has 0 amide bonds. The first-order chi connectivity index (χ1) is 10.4. The van der Waals surface area contributed by atoms with Crippen molar-refractivity contribution in [2.24, 2.45) is 0 Å². The van der Waals surface area contributed by atoms with Gasteiger partial charge in [0, 0.05) is 8.95 Å². The molecule has 112 valence electrons. The van der Waals surface area contributed by atoms with Crippen LogP contribution in [0.4, 0.5) is 0 Å². The molecule has 22 heavy (non-hydrogen) atoms. The molecular formula is C15H8Br2Cl2N2O. The van der Waals surface area contributed by atoms with Gasteiger partial charge in [0.05, 0.1) is 26.6 Å². The van der Waals surface area contributed by atoms with E-state index < -0.39 is 0 Å². The Morgan fingerprint density at radius 3 is 2.50 bits per heavy atom.